The van der Waals surface area contributed by atoms with Gasteiger partial charge >= 0.3 is 12.0 Å². The highest BCUT2D eigenvalue weighted by atomic mass is 16.5. The fourth-order valence-corrected chi connectivity index (χ4v) is 6.81. The van der Waals surface area contributed by atoms with E-state index in [0.717, 1.165) is 76.9 Å². The van der Waals surface area contributed by atoms with Crippen LogP contribution in [0.25, 0.3) is 0 Å². The largest absolute Gasteiger partial charge is 0.496 e. The number of carbonyl (C=O) groups excluding carboxylic acids is 2. The van der Waals surface area contributed by atoms with Crippen molar-refractivity contribution >= 4 is 12.0 Å². The van der Waals surface area contributed by atoms with Crippen LogP contribution in [0.4, 0.5) is 4.79 Å². The third-order valence-electron chi connectivity index (χ3n) is 9.53. The van der Waals surface area contributed by atoms with Gasteiger partial charge in [0, 0.05) is 32.2 Å². The van der Waals surface area contributed by atoms with E-state index in [-0.39, 0.29) is 23.6 Å². The van der Waals surface area contributed by atoms with Crippen molar-refractivity contribution in [1.29, 1.82) is 0 Å². The topological polar surface area (TPSA) is 71.1 Å². The molecule has 0 radical (unpaired) electrons. The summed E-state index contributed by atoms with van der Waals surface area (Å²) in [5.41, 5.74) is 3.67. The average Bonchev–Trinajstić information content (AvgIpc) is 3.70. The third kappa shape index (κ3) is 5.34. The maximum atomic E-state index is 13.1. The number of amides is 2. The van der Waals surface area contributed by atoms with Crippen LogP contribution in [0.5, 0.6) is 5.75 Å². The van der Waals surface area contributed by atoms with Crippen molar-refractivity contribution in [3.8, 4) is 5.75 Å². The van der Waals surface area contributed by atoms with Crippen molar-refractivity contribution in [2.24, 2.45) is 5.41 Å². The Kier molecular flexibility index (Phi) is 7.45. The van der Waals surface area contributed by atoms with Crippen LogP contribution in [0.1, 0.15) is 94.7 Å². The number of esters is 1. The molecule has 5 rings (SSSR count). The quantitative estimate of drug-likeness (QED) is 0.497. The number of ether oxygens (including phenoxy) is 2. The summed E-state index contributed by atoms with van der Waals surface area (Å²) in [4.78, 5) is 30.1. The molecule has 0 bridgehead atoms. The van der Waals surface area contributed by atoms with Crippen molar-refractivity contribution in [2.75, 3.05) is 33.4 Å². The minimum Gasteiger partial charge on any atom is -0.496 e. The lowest BCUT2D eigenvalue weighted by Crippen LogP contribution is -2.52. The molecule has 1 aromatic rings. The van der Waals surface area contributed by atoms with Gasteiger partial charge in [0.1, 0.15) is 5.75 Å². The molecule has 0 unspecified atom stereocenters. The van der Waals surface area contributed by atoms with Gasteiger partial charge in [-0.1, -0.05) is 13.0 Å². The molecule has 0 atom stereocenters. The molecule has 1 aromatic carbocycles. The molecule has 4 aliphatic rings. The number of benzene rings is 1. The molecule has 2 saturated carbocycles. The van der Waals surface area contributed by atoms with E-state index in [2.05, 4.69) is 34.2 Å². The van der Waals surface area contributed by atoms with Crippen molar-refractivity contribution in [3.05, 3.63) is 28.8 Å². The highest BCUT2D eigenvalue weighted by molar-refractivity contribution is 5.79. The highest BCUT2D eigenvalue weighted by Crippen LogP contribution is 2.46. The first-order chi connectivity index (χ1) is 17.8. The number of methoxy groups -OCH3 is 1. The van der Waals surface area contributed by atoms with Crippen LogP contribution < -0.4 is 10.1 Å². The molecular formula is C30H45N3O4. The molecule has 37 heavy (non-hydrogen) atoms. The number of rotatable bonds is 8. The summed E-state index contributed by atoms with van der Waals surface area (Å²) >= 11 is 0. The van der Waals surface area contributed by atoms with Gasteiger partial charge in [-0.25, -0.2) is 4.79 Å². The number of hydrogen-bond acceptors (Lipinski definition) is 5. The van der Waals surface area contributed by atoms with Crippen LogP contribution in [0.2, 0.25) is 0 Å². The van der Waals surface area contributed by atoms with Crippen LogP contribution in [0.3, 0.4) is 0 Å². The molecule has 2 aliphatic heterocycles. The number of likely N-dealkylation sites (tertiary alicyclic amines) is 1. The van der Waals surface area contributed by atoms with Gasteiger partial charge in [0.05, 0.1) is 24.7 Å². The zero-order valence-electron chi connectivity index (χ0n) is 23.2. The fraction of sp³-hybridized carbons (Fsp3) is 0.733. The second-order valence-corrected chi connectivity index (χ2v) is 12.1. The monoisotopic (exact) mass is 511 g/mol. The van der Waals surface area contributed by atoms with Gasteiger partial charge in [-0.15, -0.1) is 0 Å². The predicted octanol–water partition coefficient (Wildman–Crippen LogP) is 5.01. The Morgan fingerprint density at radius 3 is 2.35 bits per heavy atom. The summed E-state index contributed by atoms with van der Waals surface area (Å²) in [5.74, 6) is 1.63. The van der Waals surface area contributed by atoms with E-state index < -0.39 is 5.41 Å². The number of nitrogens with one attached hydrogen (secondary N) is 1. The first kappa shape index (κ1) is 26.3. The van der Waals surface area contributed by atoms with Crippen LogP contribution in [-0.2, 0) is 22.5 Å². The molecule has 7 heteroatoms. The molecule has 2 saturated heterocycles. The van der Waals surface area contributed by atoms with Crippen LogP contribution in [-0.4, -0.2) is 66.7 Å². The van der Waals surface area contributed by atoms with Gasteiger partial charge in [-0.3, -0.25) is 9.69 Å². The van der Waals surface area contributed by atoms with Crippen molar-refractivity contribution in [2.45, 2.75) is 103 Å². The van der Waals surface area contributed by atoms with E-state index in [1.807, 2.05) is 13.8 Å². The first-order valence-corrected chi connectivity index (χ1v) is 14.5. The van der Waals surface area contributed by atoms with E-state index in [1.165, 1.54) is 29.5 Å². The lowest BCUT2D eigenvalue weighted by molar-refractivity contribution is -0.156. The fourth-order valence-electron chi connectivity index (χ4n) is 6.81. The van der Waals surface area contributed by atoms with Gasteiger partial charge in [-0.2, -0.15) is 0 Å². The molecule has 2 heterocycles. The number of urea groups is 1. The molecule has 4 fully saturated rings. The van der Waals surface area contributed by atoms with Crippen LogP contribution >= 0.6 is 0 Å². The van der Waals surface area contributed by atoms with Crippen molar-refractivity contribution in [1.82, 2.24) is 15.1 Å². The molecule has 1 spiro atoms. The maximum absolute atomic E-state index is 13.1. The van der Waals surface area contributed by atoms with E-state index in [1.54, 1.807) is 7.11 Å². The molecule has 1 N–H and O–H groups in total. The van der Waals surface area contributed by atoms with Gasteiger partial charge in [0.15, 0.2) is 0 Å². The van der Waals surface area contributed by atoms with Crippen molar-refractivity contribution < 1.29 is 19.1 Å². The van der Waals surface area contributed by atoms with Gasteiger partial charge in [0.25, 0.3) is 0 Å². The second-order valence-electron chi connectivity index (χ2n) is 12.1. The summed E-state index contributed by atoms with van der Waals surface area (Å²) in [5, 5.41) is 3.39. The number of hydrogen-bond donors (Lipinski definition) is 1. The van der Waals surface area contributed by atoms with Gasteiger partial charge in [-0.05, 0) is 100 Å². The summed E-state index contributed by atoms with van der Waals surface area (Å²) < 4.78 is 11.0. The predicted molar refractivity (Wildman–Crippen MR) is 144 cm³/mol. The Morgan fingerprint density at radius 2 is 1.76 bits per heavy atom. The molecule has 0 aromatic heterocycles. The zero-order valence-corrected chi connectivity index (χ0v) is 23.2. The number of carbonyl (C=O) groups is 2. The normalized spacial score (nSPS) is 27.8. The van der Waals surface area contributed by atoms with Gasteiger partial charge < -0.3 is 19.7 Å². The molecule has 204 valence electrons. The number of nitrogens with zero attached hydrogens (tertiary/aromatic N) is 2. The SMILES string of the molecule is CCOC(=O)[C@]1(C)CC[C@H](N2CC3(CCN(Cc4cc(C5CC5)c(OC)cc4CC)CC3)NC2=O)CC1. The summed E-state index contributed by atoms with van der Waals surface area (Å²) in [6.07, 6.45) is 8.81. The molecule has 7 nitrogen and oxygen atoms in total. The van der Waals surface area contributed by atoms with E-state index >= 15 is 0 Å². The third-order valence-corrected chi connectivity index (χ3v) is 9.53. The Labute approximate surface area is 222 Å². The zero-order chi connectivity index (χ0) is 26.2. The number of piperidine rings is 1. The Morgan fingerprint density at radius 1 is 1.05 bits per heavy atom. The van der Waals surface area contributed by atoms with E-state index in [0.29, 0.717) is 12.5 Å². The van der Waals surface area contributed by atoms with Crippen LogP contribution in [0.15, 0.2) is 12.1 Å². The van der Waals surface area contributed by atoms with Gasteiger partial charge in [0.2, 0.25) is 0 Å². The lowest BCUT2D eigenvalue weighted by atomic mass is 9.73. The minimum atomic E-state index is -0.413. The first-order valence-electron chi connectivity index (χ1n) is 14.5. The lowest BCUT2D eigenvalue weighted by Gasteiger charge is -2.41. The van der Waals surface area contributed by atoms with E-state index in [4.69, 9.17) is 9.47 Å². The standard InChI is InChI=1S/C30H45N3O4/c1-5-21-18-26(36-4)25(22-7-8-22)17-23(21)19-32-15-13-30(14-16-32)20-33(28(35)31-30)24-9-11-29(3,12-10-24)27(34)37-6-2/h17-18,22,24H,5-16,19-20H2,1-4H3,(H,31,35)/t24-,29+. The smallest absolute Gasteiger partial charge is 0.318 e. The summed E-state index contributed by atoms with van der Waals surface area (Å²) in [6.45, 7) is 10.3. The second kappa shape index (κ2) is 10.5. The Balaban J connectivity index is 1.18. The van der Waals surface area contributed by atoms with Crippen molar-refractivity contribution in [3.63, 3.8) is 0 Å². The summed E-state index contributed by atoms with van der Waals surface area (Å²) in [6, 6.07) is 4.97. The Bertz CT molecular complexity index is 1000. The number of aryl methyl sites for hydroxylation is 1. The molecule has 2 amide bonds. The molecular weight excluding hydrogens is 466 g/mol. The highest BCUT2D eigenvalue weighted by Gasteiger charge is 2.48. The Hall–Kier alpha value is -2.28. The average molecular weight is 512 g/mol. The minimum absolute atomic E-state index is 0.0793. The molecule has 2 aliphatic carbocycles. The van der Waals surface area contributed by atoms with E-state index in [9.17, 15) is 9.59 Å². The van der Waals surface area contributed by atoms with Crippen LogP contribution in [0, 0.1) is 5.41 Å². The maximum Gasteiger partial charge on any atom is 0.318 e. The summed E-state index contributed by atoms with van der Waals surface area (Å²) in [7, 11) is 1.79.